The Morgan fingerprint density at radius 3 is 2.44 bits per heavy atom. The summed E-state index contributed by atoms with van der Waals surface area (Å²) in [5, 5.41) is 10.5. The molecule has 0 radical (unpaired) electrons. The van der Waals surface area contributed by atoms with E-state index in [0.29, 0.717) is 17.7 Å². The fraction of sp³-hybridized carbons (Fsp3) is 0.778. The Labute approximate surface area is 146 Å². The van der Waals surface area contributed by atoms with E-state index in [1.54, 1.807) is 11.7 Å². The summed E-state index contributed by atoms with van der Waals surface area (Å²) in [5.41, 5.74) is 1.76. The molecule has 0 aliphatic heterocycles. The number of alkyl halides is 2. The van der Waals surface area contributed by atoms with Crippen LogP contribution in [0.3, 0.4) is 0 Å². The Morgan fingerprint density at radius 1 is 1.24 bits per heavy atom. The van der Waals surface area contributed by atoms with Gasteiger partial charge in [-0.25, -0.2) is 13.6 Å². The summed E-state index contributed by atoms with van der Waals surface area (Å²) < 4.78 is 28.3. The van der Waals surface area contributed by atoms with E-state index in [2.05, 4.69) is 15.7 Å². The van der Waals surface area contributed by atoms with Gasteiger partial charge < -0.3 is 5.32 Å². The third-order valence-corrected chi connectivity index (χ3v) is 6.02. The van der Waals surface area contributed by atoms with Gasteiger partial charge in [0.1, 0.15) is 5.82 Å². The van der Waals surface area contributed by atoms with Crippen LogP contribution < -0.4 is 10.6 Å². The Kier molecular flexibility index (Phi) is 4.00. The molecular weight excluding hydrogens is 326 g/mol. The first-order valence-corrected chi connectivity index (χ1v) is 9.36. The number of nitrogens with one attached hydrogen (secondary N) is 2. The fourth-order valence-corrected chi connectivity index (χ4v) is 4.03. The maximum Gasteiger partial charge on any atom is 0.320 e. The second kappa shape index (κ2) is 5.95. The molecular formula is C18H26F2N4O. The quantitative estimate of drug-likeness (QED) is 0.837. The standard InChI is InChI=1S/C18H26F2N4O/c1-10(11-6-7-11)21-17(25)22-16-14(12-4-3-5-12)15(23-24(16)2)13-8-18(19,20)9-13/h10-13H,3-9H2,1-2H3,(H2,21,22,25)/t10-/m0/s1. The molecule has 1 aromatic rings. The molecule has 3 aliphatic rings. The molecule has 2 amide bonds. The maximum absolute atomic E-state index is 13.3. The molecule has 0 unspecified atom stereocenters. The normalized spacial score (nSPS) is 24.3. The third kappa shape index (κ3) is 3.25. The summed E-state index contributed by atoms with van der Waals surface area (Å²) in [6.07, 6.45) is 5.29. The van der Waals surface area contributed by atoms with Gasteiger partial charge in [0.05, 0.1) is 5.69 Å². The summed E-state index contributed by atoms with van der Waals surface area (Å²) in [4.78, 5) is 12.4. The summed E-state index contributed by atoms with van der Waals surface area (Å²) in [6.45, 7) is 2.02. The van der Waals surface area contributed by atoms with E-state index < -0.39 is 5.92 Å². The number of anilines is 1. The zero-order chi connectivity index (χ0) is 17.8. The van der Waals surface area contributed by atoms with Gasteiger partial charge in [-0.1, -0.05) is 6.42 Å². The molecule has 0 bridgehead atoms. The van der Waals surface area contributed by atoms with Gasteiger partial charge in [0.2, 0.25) is 5.92 Å². The second-order valence-corrected chi connectivity index (χ2v) is 8.08. The SMILES string of the molecule is C[C@H](NC(=O)Nc1c(C2CCC2)c(C2CC(F)(F)C2)nn1C)C1CC1. The van der Waals surface area contributed by atoms with Crippen molar-refractivity contribution in [2.75, 3.05) is 5.32 Å². The van der Waals surface area contributed by atoms with Gasteiger partial charge in [-0.3, -0.25) is 10.00 Å². The predicted molar refractivity (Wildman–Crippen MR) is 91.1 cm³/mol. The summed E-state index contributed by atoms with van der Waals surface area (Å²) in [6, 6.07) is -0.0707. The van der Waals surface area contributed by atoms with Crippen molar-refractivity contribution in [2.24, 2.45) is 13.0 Å². The number of aromatic nitrogens is 2. The van der Waals surface area contributed by atoms with Crippen molar-refractivity contribution in [1.82, 2.24) is 15.1 Å². The van der Waals surface area contributed by atoms with E-state index >= 15 is 0 Å². The van der Waals surface area contributed by atoms with Crippen LogP contribution >= 0.6 is 0 Å². The third-order valence-electron chi connectivity index (χ3n) is 6.02. The Hall–Kier alpha value is -1.66. The Bertz CT molecular complexity index is 671. The minimum Gasteiger partial charge on any atom is -0.335 e. The van der Waals surface area contributed by atoms with Gasteiger partial charge in [0.25, 0.3) is 0 Å². The van der Waals surface area contributed by atoms with Crippen molar-refractivity contribution in [3.05, 3.63) is 11.3 Å². The molecule has 3 fully saturated rings. The number of hydrogen-bond donors (Lipinski definition) is 2. The molecule has 0 spiro atoms. The number of urea groups is 1. The van der Waals surface area contributed by atoms with Crippen molar-refractivity contribution in [1.29, 1.82) is 0 Å². The lowest BCUT2D eigenvalue weighted by atomic mass is 9.73. The van der Waals surface area contributed by atoms with Crippen LogP contribution in [-0.4, -0.2) is 27.8 Å². The van der Waals surface area contributed by atoms with Gasteiger partial charge in [0.15, 0.2) is 0 Å². The highest BCUT2D eigenvalue weighted by molar-refractivity contribution is 5.89. The lowest BCUT2D eigenvalue weighted by molar-refractivity contribution is -0.0879. The minimum atomic E-state index is -2.57. The molecule has 5 nitrogen and oxygen atoms in total. The maximum atomic E-state index is 13.3. The average molecular weight is 352 g/mol. The number of hydrogen-bond acceptors (Lipinski definition) is 2. The van der Waals surface area contributed by atoms with Crippen molar-refractivity contribution in [2.45, 2.75) is 75.7 Å². The minimum absolute atomic E-state index is 0.131. The van der Waals surface area contributed by atoms with Crippen molar-refractivity contribution in [3.8, 4) is 0 Å². The molecule has 4 rings (SSSR count). The summed E-state index contributed by atoms with van der Waals surface area (Å²) >= 11 is 0. The van der Waals surface area contributed by atoms with E-state index in [1.807, 2.05) is 6.92 Å². The first-order chi connectivity index (χ1) is 11.8. The van der Waals surface area contributed by atoms with Gasteiger partial charge in [0, 0.05) is 37.4 Å². The molecule has 2 N–H and O–H groups in total. The molecule has 1 aromatic heterocycles. The van der Waals surface area contributed by atoms with Crippen LogP contribution in [0.15, 0.2) is 0 Å². The topological polar surface area (TPSA) is 59.0 Å². The summed E-state index contributed by atoms with van der Waals surface area (Å²) in [7, 11) is 1.78. The van der Waals surface area contributed by atoms with Crippen molar-refractivity contribution >= 4 is 11.8 Å². The van der Waals surface area contributed by atoms with Crippen LogP contribution in [0.4, 0.5) is 19.4 Å². The highest BCUT2D eigenvalue weighted by atomic mass is 19.3. The monoisotopic (exact) mass is 352 g/mol. The zero-order valence-corrected chi connectivity index (χ0v) is 14.8. The van der Waals surface area contributed by atoms with Crippen LogP contribution in [0.2, 0.25) is 0 Å². The van der Waals surface area contributed by atoms with Crippen molar-refractivity contribution < 1.29 is 13.6 Å². The van der Waals surface area contributed by atoms with Crippen LogP contribution in [0.1, 0.15) is 75.0 Å². The lowest BCUT2D eigenvalue weighted by Crippen LogP contribution is -2.38. The second-order valence-electron chi connectivity index (χ2n) is 8.08. The molecule has 1 heterocycles. The number of amides is 2. The molecule has 1 atom stereocenters. The lowest BCUT2D eigenvalue weighted by Gasteiger charge is -2.36. The van der Waals surface area contributed by atoms with E-state index in [9.17, 15) is 13.6 Å². The van der Waals surface area contributed by atoms with E-state index in [1.165, 1.54) is 12.8 Å². The molecule has 0 aromatic carbocycles. The average Bonchev–Trinajstić information content (AvgIpc) is 3.24. The number of halogens is 2. The number of nitrogens with zero attached hydrogens (tertiary/aromatic N) is 2. The molecule has 3 saturated carbocycles. The number of carbonyl (C=O) groups excluding carboxylic acids is 1. The zero-order valence-electron chi connectivity index (χ0n) is 14.8. The molecule has 25 heavy (non-hydrogen) atoms. The van der Waals surface area contributed by atoms with E-state index in [-0.39, 0.29) is 30.8 Å². The smallest absolute Gasteiger partial charge is 0.320 e. The molecule has 3 aliphatic carbocycles. The van der Waals surface area contributed by atoms with Crippen LogP contribution in [0, 0.1) is 5.92 Å². The first kappa shape index (κ1) is 16.8. The van der Waals surface area contributed by atoms with Gasteiger partial charge in [-0.2, -0.15) is 5.10 Å². The number of carbonyl (C=O) groups is 1. The van der Waals surface area contributed by atoms with Gasteiger partial charge in [-0.15, -0.1) is 0 Å². The summed E-state index contributed by atoms with van der Waals surface area (Å²) in [5.74, 6) is -1.18. The van der Waals surface area contributed by atoms with Gasteiger partial charge >= 0.3 is 6.03 Å². The highest BCUT2D eigenvalue weighted by Gasteiger charge is 2.49. The largest absolute Gasteiger partial charge is 0.335 e. The molecule has 7 heteroatoms. The van der Waals surface area contributed by atoms with E-state index in [4.69, 9.17) is 0 Å². The highest BCUT2D eigenvalue weighted by Crippen LogP contribution is 2.52. The van der Waals surface area contributed by atoms with Crippen LogP contribution in [0.5, 0.6) is 0 Å². The number of rotatable bonds is 5. The molecule has 138 valence electrons. The van der Waals surface area contributed by atoms with Crippen LogP contribution in [0.25, 0.3) is 0 Å². The van der Waals surface area contributed by atoms with Gasteiger partial charge in [-0.05, 0) is 44.4 Å². The first-order valence-electron chi connectivity index (χ1n) is 9.36. The van der Waals surface area contributed by atoms with E-state index in [0.717, 1.165) is 30.5 Å². The molecule has 0 saturated heterocycles. The Balaban J connectivity index is 1.53. The Morgan fingerprint density at radius 2 is 1.92 bits per heavy atom. The predicted octanol–water partition coefficient (Wildman–Crippen LogP) is 4.12. The fourth-order valence-electron chi connectivity index (χ4n) is 4.03. The van der Waals surface area contributed by atoms with Crippen molar-refractivity contribution in [3.63, 3.8) is 0 Å². The number of aryl methyl sites for hydroxylation is 1. The van der Waals surface area contributed by atoms with Crippen LogP contribution in [-0.2, 0) is 7.05 Å².